The molecule has 0 radical (unpaired) electrons. The van der Waals surface area contributed by atoms with E-state index in [0.29, 0.717) is 18.5 Å². The molecule has 1 aromatic heterocycles. The van der Waals surface area contributed by atoms with Crippen LogP contribution in [0.3, 0.4) is 0 Å². The number of nitrogens with zero attached hydrogens (tertiary/aromatic N) is 3. The van der Waals surface area contributed by atoms with Gasteiger partial charge < -0.3 is 15.5 Å². The molecule has 1 unspecified atom stereocenters. The molecule has 1 atom stereocenters. The Hall–Kier alpha value is -0.410. The number of hydrogen-bond donors (Lipinski definition) is 2. The number of hydrogen-bond acceptors (Lipinski definition) is 4. The second kappa shape index (κ2) is 13.7. The summed E-state index contributed by atoms with van der Waals surface area (Å²) >= 11 is 1.75. The van der Waals surface area contributed by atoms with Gasteiger partial charge in [-0.1, -0.05) is 33.6 Å². The second-order valence-corrected chi connectivity index (χ2v) is 7.46. The number of rotatable bonds is 10. The molecule has 0 aromatic carbocycles. The third-order valence-electron chi connectivity index (χ3n) is 4.40. The van der Waals surface area contributed by atoms with Crippen molar-refractivity contribution < 1.29 is 0 Å². The smallest absolute Gasteiger partial charge is 0.191 e. The minimum absolute atomic E-state index is 0. The van der Waals surface area contributed by atoms with Gasteiger partial charge in [-0.25, -0.2) is 9.98 Å². The lowest BCUT2D eigenvalue weighted by molar-refractivity contribution is 0.200. The van der Waals surface area contributed by atoms with Crippen molar-refractivity contribution in [2.24, 2.45) is 10.9 Å². The molecule has 2 N–H and O–H groups in total. The quantitative estimate of drug-likeness (QED) is 0.304. The van der Waals surface area contributed by atoms with Gasteiger partial charge in [-0.15, -0.1) is 35.3 Å². The van der Waals surface area contributed by atoms with Gasteiger partial charge in [-0.2, -0.15) is 0 Å². The highest BCUT2D eigenvalue weighted by atomic mass is 127. The standard InChI is InChI=1S/C18H35N5S.HI/c1-7-14(8-2)16(23(5)6)12-21-18(19-10-4)22-13-17-20-11-15(9-3)24-17;/h11,14,16H,7-10,12-13H2,1-6H3,(H2,19,21,22);1H. The van der Waals surface area contributed by atoms with E-state index in [2.05, 4.69) is 62.3 Å². The summed E-state index contributed by atoms with van der Waals surface area (Å²) < 4.78 is 0. The van der Waals surface area contributed by atoms with Gasteiger partial charge in [0, 0.05) is 30.2 Å². The molecule has 25 heavy (non-hydrogen) atoms. The number of halogens is 1. The summed E-state index contributed by atoms with van der Waals surface area (Å²) in [6.07, 6.45) is 5.41. The first kappa shape index (κ1) is 24.6. The Bertz CT molecular complexity index is 486. The van der Waals surface area contributed by atoms with Crippen LogP contribution in [0.1, 0.15) is 50.4 Å². The molecule has 146 valence electrons. The zero-order valence-corrected chi connectivity index (χ0v) is 19.8. The SMILES string of the molecule is CCNC(=NCc1ncc(CC)s1)NCC(C(CC)CC)N(C)C.I. The van der Waals surface area contributed by atoms with Crippen molar-refractivity contribution in [1.29, 1.82) is 0 Å². The molecule has 0 bridgehead atoms. The molecule has 7 heteroatoms. The molecule has 5 nitrogen and oxygen atoms in total. The van der Waals surface area contributed by atoms with Crippen LogP contribution in [0.25, 0.3) is 0 Å². The highest BCUT2D eigenvalue weighted by Crippen LogP contribution is 2.16. The summed E-state index contributed by atoms with van der Waals surface area (Å²) in [6.45, 7) is 11.2. The van der Waals surface area contributed by atoms with Crippen molar-refractivity contribution >= 4 is 41.3 Å². The van der Waals surface area contributed by atoms with E-state index < -0.39 is 0 Å². The van der Waals surface area contributed by atoms with E-state index in [9.17, 15) is 0 Å². The normalized spacial score (nSPS) is 13.0. The van der Waals surface area contributed by atoms with Crippen LogP contribution >= 0.6 is 35.3 Å². The van der Waals surface area contributed by atoms with Gasteiger partial charge in [0.1, 0.15) is 5.01 Å². The highest BCUT2D eigenvalue weighted by molar-refractivity contribution is 14.0. The lowest BCUT2D eigenvalue weighted by Gasteiger charge is -2.32. The van der Waals surface area contributed by atoms with Crippen LogP contribution in [-0.2, 0) is 13.0 Å². The maximum Gasteiger partial charge on any atom is 0.191 e. The van der Waals surface area contributed by atoms with Gasteiger partial charge >= 0.3 is 0 Å². The van der Waals surface area contributed by atoms with E-state index in [1.807, 2.05) is 6.20 Å². The minimum Gasteiger partial charge on any atom is -0.357 e. The van der Waals surface area contributed by atoms with Gasteiger partial charge in [0.2, 0.25) is 0 Å². The molecule has 0 spiro atoms. The van der Waals surface area contributed by atoms with Gasteiger partial charge in [0.05, 0.1) is 6.54 Å². The summed E-state index contributed by atoms with van der Waals surface area (Å²) in [5, 5.41) is 7.93. The number of thiazole rings is 1. The number of guanidine groups is 1. The molecular weight excluding hydrogens is 445 g/mol. The maximum absolute atomic E-state index is 4.70. The van der Waals surface area contributed by atoms with Crippen molar-refractivity contribution in [3.05, 3.63) is 16.1 Å². The zero-order chi connectivity index (χ0) is 17.9. The lowest BCUT2D eigenvalue weighted by atomic mass is 9.93. The predicted octanol–water partition coefficient (Wildman–Crippen LogP) is 3.75. The summed E-state index contributed by atoms with van der Waals surface area (Å²) in [5.41, 5.74) is 0. The highest BCUT2D eigenvalue weighted by Gasteiger charge is 2.20. The fourth-order valence-corrected chi connectivity index (χ4v) is 3.66. The molecule has 1 aromatic rings. The van der Waals surface area contributed by atoms with Gasteiger partial charge in [-0.3, -0.25) is 0 Å². The van der Waals surface area contributed by atoms with Crippen LogP contribution in [0, 0.1) is 5.92 Å². The Balaban J connectivity index is 0.00000576. The van der Waals surface area contributed by atoms with Crippen LogP contribution in [0.2, 0.25) is 0 Å². The summed E-state index contributed by atoms with van der Waals surface area (Å²) in [6, 6.07) is 0.510. The first-order valence-electron chi connectivity index (χ1n) is 9.17. The van der Waals surface area contributed by atoms with E-state index in [0.717, 1.165) is 30.5 Å². The van der Waals surface area contributed by atoms with Crippen LogP contribution in [-0.4, -0.2) is 49.1 Å². The first-order chi connectivity index (χ1) is 11.5. The number of likely N-dealkylation sites (N-methyl/N-ethyl adjacent to an activating group) is 1. The minimum atomic E-state index is 0. The maximum atomic E-state index is 4.70. The van der Waals surface area contributed by atoms with Gasteiger partial charge in [0.25, 0.3) is 0 Å². The second-order valence-electron chi connectivity index (χ2n) is 6.26. The molecule has 1 rings (SSSR count). The van der Waals surface area contributed by atoms with Crippen molar-refractivity contribution in [3.8, 4) is 0 Å². The van der Waals surface area contributed by atoms with Gasteiger partial charge in [-0.05, 0) is 33.4 Å². The number of aliphatic imine (C=N–C) groups is 1. The van der Waals surface area contributed by atoms with Crippen molar-refractivity contribution in [2.75, 3.05) is 27.2 Å². The van der Waals surface area contributed by atoms with Crippen molar-refractivity contribution in [3.63, 3.8) is 0 Å². The predicted molar refractivity (Wildman–Crippen MR) is 121 cm³/mol. The van der Waals surface area contributed by atoms with E-state index >= 15 is 0 Å². The number of aromatic nitrogens is 1. The third-order valence-corrected chi connectivity index (χ3v) is 5.53. The van der Waals surface area contributed by atoms with E-state index in [-0.39, 0.29) is 24.0 Å². The third kappa shape index (κ3) is 8.68. The molecule has 0 aliphatic rings. The molecule has 0 saturated carbocycles. The van der Waals surface area contributed by atoms with Crippen LogP contribution < -0.4 is 10.6 Å². The summed E-state index contributed by atoms with van der Waals surface area (Å²) in [4.78, 5) is 12.8. The monoisotopic (exact) mass is 481 g/mol. The fourth-order valence-electron chi connectivity index (χ4n) is 2.88. The van der Waals surface area contributed by atoms with Crippen LogP contribution in [0.15, 0.2) is 11.2 Å². The Morgan fingerprint density at radius 3 is 2.36 bits per heavy atom. The summed E-state index contributed by atoms with van der Waals surface area (Å²) in [7, 11) is 4.33. The largest absolute Gasteiger partial charge is 0.357 e. The first-order valence-corrected chi connectivity index (χ1v) is 9.99. The summed E-state index contributed by atoms with van der Waals surface area (Å²) in [5.74, 6) is 1.57. The number of aryl methyl sites for hydroxylation is 1. The molecule has 0 aliphatic heterocycles. The number of nitrogens with one attached hydrogen (secondary N) is 2. The topological polar surface area (TPSA) is 52.6 Å². The van der Waals surface area contributed by atoms with E-state index in [1.54, 1.807) is 11.3 Å². The molecule has 0 amide bonds. The Morgan fingerprint density at radius 1 is 1.20 bits per heavy atom. The molecular formula is C18H36IN5S. The Kier molecular flexibility index (Phi) is 13.5. The van der Waals surface area contributed by atoms with Crippen LogP contribution in [0.5, 0.6) is 0 Å². The Morgan fingerprint density at radius 2 is 1.88 bits per heavy atom. The van der Waals surface area contributed by atoms with E-state index in [1.165, 1.54) is 17.7 Å². The average Bonchev–Trinajstić information content (AvgIpc) is 3.04. The van der Waals surface area contributed by atoms with Crippen molar-refractivity contribution in [1.82, 2.24) is 20.5 Å². The van der Waals surface area contributed by atoms with Crippen molar-refractivity contribution in [2.45, 2.75) is 59.5 Å². The zero-order valence-electron chi connectivity index (χ0n) is 16.6. The molecule has 1 heterocycles. The average molecular weight is 481 g/mol. The molecule has 0 aliphatic carbocycles. The van der Waals surface area contributed by atoms with Gasteiger partial charge in [0.15, 0.2) is 5.96 Å². The van der Waals surface area contributed by atoms with E-state index in [4.69, 9.17) is 4.99 Å². The van der Waals surface area contributed by atoms with Crippen LogP contribution in [0.4, 0.5) is 0 Å². The lowest BCUT2D eigenvalue weighted by Crippen LogP contribution is -2.48. The fraction of sp³-hybridized carbons (Fsp3) is 0.778. The molecule has 0 fully saturated rings. The molecule has 0 saturated heterocycles. The Labute approximate surface area is 175 Å².